The van der Waals surface area contributed by atoms with Crippen LogP contribution < -0.4 is 4.74 Å². The molecular formula is C22H25F3O3. The molecule has 2 aromatic rings. The molecule has 1 aliphatic rings. The Labute approximate surface area is 163 Å². The number of rotatable bonds is 7. The highest BCUT2D eigenvalue weighted by Crippen LogP contribution is 2.33. The fourth-order valence-corrected chi connectivity index (χ4v) is 3.28. The van der Waals surface area contributed by atoms with Crippen LogP contribution in [-0.4, -0.2) is 19.8 Å². The monoisotopic (exact) mass is 394 g/mol. The first-order valence-electron chi connectivity index (χ1n) is 9.68. The maximum absolute atomic E-state index is 14.7. The number of hydrogen-bond donors (Lipinski definition) is 0. The average molecular weight is 394 g/mol. The fourth-order valence-electron chi connectivity index (χ4n) is 3.28. The van der Waals surface area contributed by atoms with Crippen molar-refractivity contribution in [3.05, 3.63) is 53.3 Å². The molecule has 6 heteroatoms. The molecule has 0 aliphatic carbocycles. The summed E-state index contributed by atoms with van der Waals surface area (Å²) in [5.41, 5.74) is 0.750. The van der Waals surface area contributed by atoms with Gasteiger partial charge in [-0.15, -0.1) is 0 Å². The first kappa shape index (κ1) is 20.7. The Morgan fingerprint density at radius 2 is 1.61 bits per heavy atom. The van der Waals surface area contributed by atoms with Gasteiger partial charge in [0, 0.05) is 17.0 Å². The van der Waals surface area contributed by atoms with Crippen LogP contribution in [0.15, 0.2) is 30.3 Å². The molecule has 2 aromatic carbocycles. The molecule has 3 nitrogen and oxygen atoms in total. The maximum Gasteiger partial charge on any atom is 0.190 e. The van der Waals surface area contributed by atoms with E-state index in [0.29, 0.717) is 31.1 Å². The van der Waals surface area contributed by atoms with Gasteiger partial charge in [0.2, 0.25) is 0 Å². The Morgan fingerprint density at radius 1 is 0.929 bits per heavy atom. The summed E-state index contributed by atoms with van der Waals surface area (Å²) >= 11 is 0. The first-order chi connectivity index (χ1) is 13.5. The van der Waals surface area contributed by atoms with E-state index in [1.54, 1.807) is 6.07 Å². The van der Waals surface area contributed by atoms with Crippen molar-refractivity contribution in [3.63, 3.8) is 0 Å². The second-order valence-corrected chi connectivity index (χ2v) is 7.01. The van der Waals surface area contributed by atoms with E-state index < -0.39 is 29.5 Å². The van der Waals surface area contributed by atoms with Gasteiger partial charge in [0.15, 0.2) is 23.7 Å². The third-order valence-electron chi connectivity index (χ3n) is 4.69. The molecule has 1 fully saturated rings. The molecule has 0 atom stereocenters. The zero-order valence-corrected chi connectivity index (χ0v) is 16.1. The highest BCUT2D eigenvalue weighted by atomic mass is 19.1. The highest BCUT2D eigenvalue weighted by Gasteiger charge is 2.24. The van der Waals surface area contributed by atoms with E-state index in [1.165, 1.54) is 12.1 Å². The van der Waals surface area contributed by atoms with Crippen molar-refractivity contribution in [2.24, 2.45) is 5.92 Å². The van der Waals surface area contributed by atoms with Crippen LogP contribution in [0.25, 0.3) is 11.1 Å². The standard InChI is InChI=1S/C22H25F3O3/c1-3-5-14-12-27-22(28-13-14)15-6-7-17(18(23)9-15)16-10-19(24)21(20(25)11-16)26-8-4-2/h6-7,9-11,14,22H,3-5,8,12-13H2,1-2H3/t14-,22-. The zero-order valence-electron chi connectivity index (χ0n) is 16.1. The molecular weight excluding hydrogens is 369 g/mol. The van der Waals surface area contributed by atoms with Gasteiger partial charge < -0.3 is 14.2 Å². The number of benzene rings is 2. The number of halogens is 3. The predicted octanol–water partition coefficient (Wildman–Crippen LogP) is 6.02. The largest absolute Gasteiger partial charge is 0.488 e. The molecule has 0 N–H and O–H groups in total. The van der Waals surface area contributed by atoms with Crippen LogP contribution in [0.5, 0.6) is 5.75 Å². The lowest BCUT2D eigenvalue weighted by Gasteiger charge is -2.29. The minimum Gasteiger partial charge on any atom is -0.488 e. The van der Waals surface area contributed by atoms with Crippen molar-refractivity contribution in [2.45, 2.75) is 39.4 Å². The highest BCUT2D eigenvalue weighted by molar-refractivity contribution is 5.66. The summed E-state index contributed by atoms with van der Waals surface area (Å²) in [7, 11) is 0. The molecule has 0 bridgehead atoms. The molecule has 152 valence electrons. The first-order valence-corrected chi connectivity index (χ1v) is 9.68. The van der Waals surface area contributed by atoms with Gasteiger partial charge in [-0.25, -0.2) is 13.2 Å². The molecule has 1 aliphatic heterocycles. The minimum absolute atomic E-state index is 0.100. The van der Waals surface area contributed by atoms with Crippen molar-refractivity contribution < 1.29 is 27.4 Å². The number of hydrogen-bond acceptors (Lipinski definition) is 3. The lowest BCUT2D eigenvalue weighted by atomic mass is 10.0. The van der Waals surface area contributed by atoms with Gasteiger partial charge in [-0.2, -0.15) is 0 Å². The summed E-state index contributed by atoms with van der Waals surface area (Å²) < 4.78 is 59.5. The van der Waals surface area contributed by atoms with E-state index in [1.807, 2.05) is 6.92 Å². The van der Waals surface area contributed by atoms with Gasteiger partial charge in [-0.3, -0.25) is 0 Å². The van der Waals surface area contributed by atoms with E-state index in [2.05, 4.69) is 6.92 Å². The molecule has 1 heterocycles. The van der Waals surface area contributed by atoms with Gasteiger partial charge in [0.05, 0.1) is 19.8 Å². The number of ether oxygens (including phenoxy) is 3. The Hall–Kier alpha value is -2.05. The predicted molar refractivity (Wildman–Crippen MR) is 101 cm³/mol. The van der Waals surface area contributed by atoms with E-state index in [4.69, 9.17) is 14.2 Å². The van der Waals surface area contributed by atoms with E-state index in [0.717, 1.165) is 25.0 Å². The summed E-state index contributed by atoms with van der Waals surface area (Å²) in [6, 6.07) is 6.58. The molecule has 28 heavy (non-hydrogen) atoms. The summed E-state index contributed by atoms with van der Waals surface area (Å²) in [5.74, 6) is -2.39. The molecule has 0 amide bonds. The zero-order chi connectivity index (χ0) is 20.1. The molecule has 0 spiro atoms. The van der Waals surface area contributed by atoms with Gasteiger partial charge in [0.25, 0.3) is 0 Å². The fraction of sp³-hybridized carbons (Fsp3) is 0.455. The summed E-state index contributed by atoms with van der Waals surface area (Å²) in [5, 5.41) is 0. The SMILES string of the molecule is CCCOc1c(F)cc(-c2ccc([C@H]3OC[C@H](CCC)CO3)cc2F)cc1F. The second kappa shape index (κ2) is 9.43. The van der Waals surface area contributed by atoms with Crippen LogP contribution in [0.3, 0.4) is 0 Å². The van der Waals surface area contributed by atoms with Crippen LogP contribution in [0.4, 0.5) is 13.2 Å². The third kappa shape index (κ3) is 4.67. The average Bonchev–Trinajstić information content (AvgIpc) is 2.68. The van der Waals surface area contributed by atoms with Crippen LogP contribution in [-0.2, 0) is 9.47 Å². The summed E-state index contributed by atoms with van der Waals surface area (Å²) in [6.07, 6.45) is 2.08. The topological polar surface area (TPSA) is 27.7 Å². The normalized spacial score (nSPS) is 19.6. The third-order valence-corrected chi connectivity index (χ3v) is 4.69. The summed E-state index contributed by atoms with van der Waals surface area (Å²) in [6.45, 7) is 5.28. The second-order valence-electron chi connectivity index (χ2n) is 7.01. The van der Waals surface area contributed by atoms with Crippen molar-refractivity contribution in [1.82, 2.24) is 0 Å². The van der Waals surface area contributed by atoms with Crippen LogP contribution in [0.1, 0.15) is 45.0 Å². The molecule has 0 aromatic heterocycles. The smallest absolute Gasteiger partial charge is 0.190 e. The van der Waals surface area contributed by atoms with Gasteiger partial charge in [0.1, 0.15) is 5.82 Å². The molecule has 3 rings (SSSR count). The summed E-state index contributed by atoms with van der Waals surface area (Å²) in [4.78, 5) is 0. The van der Waals surface area contributed by atoms with E-state index >= 15 is 0 Å². The molecule has 0 radical (unpaired) electrons. The molecule has 0 unspecified atom stereocenters. The van der Waals surface area contributed by atoms with Crippen molar-refractivity contribution >= 4 is 0 Å². The van der Waals surface area contributed by atoms with Crippen LogP contribution >= 0.6 is 0 Å². The van der Waals surface area contributed by atoms with E-state index in [-0.39, 0.29) is 17.7 Å². The minimum atomic E-state index is -0.854. The lowest BCUT2D eigenvalue weighted by Crippen LogP contribution is -2.27. The van der Waals surface area contributed by atoms with Gasteiger partial charge in [-0.05, 0) is 36.6 Å². The van der Waals surface area contributed by atoms with Crippen molar-refractivity contribution in [1.29, 1.82) is 0 Å². The maximum atomic E-state index is 14.7. The Kier molecular flexibility index (Phi) is 6.97. The van der Waals surface area contributed by atoms with Gasteiger partial charge in [-0.1, -0.05) is 32.4 Å². The Bertz CT molecular complexity index is 779. The molecule has 0 saturated carbocycles. The van der Waals surface area contributed by atoms with E-state index in [9.17, 15) is 13.2 Å². The van der Waals surface area contributed by atoms with Gasteiger partial charge >= 0.3 is 0 Å². The van der Waals surface area contributed by atoms with Crippen molar-refractivity contribution in [2.75, 3.05) is 19.8 Å². The quantitative estimate of drug-likeness (QED) is 0.575. The Balaban J connectivity index is 1.78. The van der Waals surface area contributed by atoms with Crippen LogP contribution in [0, 0.1) is 23.4 Å². The lowest BCUT2D eigenvalue weighted by molar-refractivity contribution is -0.206. The molecule has 1 saturated heterocycles. The Morgan fingerprint density at radius 3 is 2.18 bits per heavy atom. The van der Waals surface area contributed by atoms with Crippen molar-refractivity contribution in [3.8, 4) is 16.9 Å². The van der Waals surface area contributed by atoms with Crippen LogP contribution in [0.2, 0.25) is 0 Å².